The number of carbonyl (C=O) groups excluding carboxylic acids is 2. The Bertz CT molecular complexity index is 347. The van der Waals surface area contributed by atoms with E-state index in [0.717, 1.165) is 12.8 Å². The summed E-state index contributed by atoms with van der Waals surface area (Å²) in [4.78, 5) is 26.2. The number of nitrogens with one attached hydrogen (secondary N) is 1. The van der Waals surface area contributed by atoms with Gasteiger partial charge in [0, 0.05) is 6.54 Å². The quantitative estimate of drug-likeness (QED) is 0.814. The van der Waals surface area contributed by atoms with Gasteiger partial charge in [0.25, 0.3) is 0 Å². The summed E-state index contributed by atoms with van der Waals surface area (Å²) in [5.41, 5.74) is -0.233. The van der Waals surface area contributed by atoms with E-state index in [4.69, 9.17) is 0 Å². The lowest BCUT2D eigenvalue weighted by Crippen LogP contribution is -2.63. The Labute approximate surface area is 123 Å². The van der Waals surface area contributed by atoms with Crippen LogP contribution < -0.4 is 5.32 Å². The molecule has 2 unspecified atom stereocenters. The number of hydrogen-bond donors (Lipinski definition) is 1. The second-order valence-corrected chi connectivity index (χ2v) is 6.95. The van der Waals surface area contributed by atoms with Crippen molar-refractivity contribution in [2.75, 3.05) is 13.1 Å². The third-order valence-corrected chi connectivity index (χ3v) is 4.11. The third kappa shape index (κ3) is 4.22. The van der Waals surface area contributed by atoms with Crippen LogP contribution >= 0.6 is 0 Å². The average molecular weight is 282 g/mol. The number of rotatable bonds is 6. The number of carbonyl (C=O) groups is 2. The van der Waals surface area contributed by atoms with Gasteiger partial charge in [-0.15, -0.1) is 0 Å². The lowest BCUT2D eigenvalue weighted by molar-refractivity contribution is -0.150. The lowest BCUT2D eigenvalue weighted by Gasteiger charge is -2.43. The number of piperazine rings is 1. The molecule has 0 aliphatic carbocycles. The lowest BCUT2D eigenvalue weighted by atomic mass is 9.83. The molecule has 1 aliphatic heterocycles. The molecule has 20 heavy (non-hydrogen) atoms. The van der Waals surface area contributed by atoms with Gasteiger partial charge in [-0.1, -0.05) is 53.9 Å². The standard InChI is InChI=1S/C16H30N2O2/c1-6-8-9-12(7-2)11-18-13(19)10-17-15(20)14(18)16(3,4)5/h12,14H,6-11H2,1-5H3,(H,17,20). The van der Waals surface area contributed by atoms with Crippen molar-refractivity contribution in [2.24, 2.45) is 11.3 Å². The third-order valence-electron chi connectivity index (χ3n) is 4.11. The molecule has 2 atom stereocenters. The van der Waals surface area contributed by atoms with Gasteiger partial charge >= 0.3 is 0 Å². The normalized spacial score (nSPS) is 21.9. The smallest absolute Gasteiger partial charge is 0.243 e. The molecule has 1 fully saturated rings. The minimum atomic E-state index is -0.348. The van der Waals surface area contributed by atoms with Crippen LogP contribution in [0.1, 0.15) is 60.3 Å². The molecule has 0 radical (unpaired) electrons. The number of amides is 2. The average Bonchev–Trinajstić information content (AvgIpc) is 2.36. The van der Waals surface area contributed by atoms with E-state index in [1.807, 2.05) is 25.7 Å². The van der Waals surface area contributed by atoms with Crippen LogP contribution in [0.5, 0.6) is 0 Å². The van der Waals surface area contributed by atoms with E-state index in [2.05, 4.69) is 19.2 Å². The fourth-order valence-corrected chi connectivity index (χ4v) is 2.91. The van der Waals surface area contributed by atoms with Crippen LogP contribution in [-0.2, 0) is 9.59 Å². The molecule has 0 aromatic carbocycles. The van der Waals surface area contributed by atoms with Gasteiger partial charge in [-0.25, -0.2) is 0 Å². The molecule has 0 aromatic rings. The Morgan fingerprint density at radius 1 is 1.30 bits per heavy atom. The van der Waals surface area contributed by atoms with Crippen molar-refractivity contribution in [1.82, 2.24) is 10.2 Å². The van der Waals surface area contributed by atoms with Crippen molar-refractivity contribution in [3.63, 3.8) is 0 Å². The molecule has 1 aliphatic rings. The van der Waals surface area contributed by atoms with Gasteiger partial charge < -0.3 is 10.2 Å². The van der Waals surface area contributed by atoms with Crippen LogP contribution in [-0.4, -0.2) is 35.8 Å². The Kier molecular flexibility index (Phi) is 6.03. The second-order valence-electron chi connectivity index (χ2n) is 6.95. The highest BCUT2D eigenvalue weighted by atomic mass is 16.2. The monoisotopic (exact) mass is 282 g/mol. The van der Waals surface area contributed by atoms with E-state index in [1.165, 1.54) is 12.8 Å². The summed E-state index contributed by atoms with van der Waals surface area (Å²) in [5.74, 6) is 0.538. The van der Waals surface area contributed by atoms with Gasteiger partial charge in [0.05, 0.1) is 6.54 Å². The minimum Gasteiger partial charge on any atom is -0.345 e. The summed E-state index contributed by atoms with van der Waals surface area (Å²) in [7, 11) is 0. The van der Waals surface area contributed by atoms with Crippen LogP contribution in [0, 0.1) is 11.3 Å². The van der Waals surface area contributed by atoms with E-state index < -0.39 is 0 Å². The zero-order valence-electron chi connectivity index (χ0n) is 13.7. The molecule has 0 bridgehead atoms. The van der Waals surface area contributed by atoms with Crippen LogP contribution in [0.25, 0.3) is 0 Å². The Hall–Kier alpha value is -1.06. The summed E-state index contributed by atoms with van der Waals surface area (Å²) in [6.45, 7) is 11.3. The van der Waals surface area contributed by atoms with Crippen molar-refractivity contribution in [2.45, 2.75) is 66.3 Å². The van der Waals surface area contributed by atoms with Crippen LogP contribution in [0.4, 0.5) is 0 Å². The van der Waals surface area contributed by atoms with E-state index >= 15 is 0 Å². The first-order valence-electron chi connectivity index (χ1n) is 7.88. The fraction of sp³-hybridized carbons (Fsp3) is 0.875. The predicted octanol–water partition coefficient (Wildman–Crippen LogP) is 2.58. The van der Waals surface area contributed by atoms with Gasteiger partial charge in [0.15, 0.2) is 0 Å². The minimum absolute atomic E-state index is 0.0116. The molecular formula is C16H30N2O2. The molecule has 116 valence electrons. The number of hydrogen-bond acceptors (Lipinski definition) is 2. The van der Waals surface area contributed by atoms with Gasteiger partial charge in [-0.2, -0.15) is 0 Å². The Morgan fingerprint density at radius 3 is 2.45 bits per heavy atom. The predicted molar refractivity (Wildman–Crippen MR) is 81.3 cm³/mol. The summed E-state index contributed by atoms with van der Waals surface area (Å²) in [6.07, 6.45) is 4.55. The molecule has 1 rings (SSSR count). The Balaban J connectivity index is 2.85. The van der Waals surface area contributed by atoms with E-state index in [0.29, 0.717) is 12.5 Å². The van der Waals surface area contributed by atoms with Crippen molar-refractivity contribution in [1.29, 1.82) is 0 Å². The molecule has 0 aromatic heterocycles. The number of nitrogens with zero attached hydrogens (tertiary/aromatic N) is 1. The van der Waals surface area contributed by atoms with E-state index in [-0.39, 0.29) is 29.8 Å². The van der Waals surface area contributed by atoms with Crippen LogP contribution in [0.2, 0.25) is 0 Å². The first-order valence-corrected chi connectivity index (χ1v) is 7.88. The molecule has 2 amide bonds. The first-order chi connectivity index (χ1) is 9.31. The van der Waals surface area contributed by atoms with E-state index in [9.17, 15) is 9.59 Å². The SMILES string of the molecule is CCCCC(CC)CN1C(=O)CNC(=O)C1C(C)(C)C. The molecular weight excluding hydrogens is 252 g/mol. The summed E-state index contributed by atoms with van der Waals surface area (Å²) in [6, 6.07) is -0.348. The van der Waals surface area contributed by atoms with Crippen LogP contribution in [0.3, 0.4) is 0 Å². The fourth-order valence-electron chi connectivity index (χ4n) is 2.91. The van der Waals surface area contributed by atoms with Gasteiger partial charge in [0.2, 0.25) is 11.8 Å². The van der Waals surface area contributed by atoms with Gasteiger partial charge in [-0.3, -0.25) is 9.59 Å². The van der Waals surface area contributed by atoms with Crippen molar-refractivity contribution in [3.05, 3.63) is 0 Å². The maximum absolute atomic E-state index is 12.2. The molecule has 1 heterocycles. The molecule has 4 heteroatoms. The van der Waals surface area contributed by atoms with Gasteiger partial charge in [-0.05, 0) is 17.8 Å². The topological polar surface area (TPSA) is 49.4 Å². The zero-order valence-corrected chi connectivity index (χ0v) is 13.7. The van der Waals surface area contributed by atoms with Gasteiger partial charge in [0.1, 0.15) is 6.04 Å². The Morgan fingerprint density at radius 2 is 1.95 bits per heavy atom. The largest absolute Gasteiger partial charge is 0.345 e. The zero-order chi connectivity index (χ0) is 15.3. The van der Waals surface area contributed by atoms with Crippen molar-refractivity contribution >= 4 is 11.8 Å². The van der Waals surface area contributed by atoms with Crippen LogP contribution in [0.15, 0.2) is 0 Å². The molecule has 1 N–H and O–H groups in total. The van der Waals surface area contributed by atoms with Crippen molar-refractivity contribution in [3.8, 4) is 0 Å². The van der Waals surface area contributed by atoms with E-state index in [1.54, 1.807) is 0 Å². The highest BCUT2D eigenvalue weighted by Gasteiger charge is 2.42. The first kappa shape index (κ1) is 17.0. The maximum Gasteiger partial charge on any atom is 0.243 e. The number of unbranched alkanes of at least 4 members (excludes halogenated alkanes) is 1. The maximum atomic E-state index is 12.2. The van der Waals surface area contributed by atoms with Crippen molar-refractivity contribution < 1.29 is 9.59 Å². The summed E-state index contributed by atoms with van der Waals surface area (Å²) < 4.78 is 0. The summed E-state index contributed by atoms with van der Waals surface area (Å²) in [5, 5.41) is 2.72. The molecule has 0 spiro atoms. The second kappa shape index (κ2) is 7.09. The summed E-state index contributed by atoms with van der Waals surface area (Å²) >= 11 is 0. The molecule has 1 saturated heterocycles. The highest BCUT2D eigenvalue weighted by molar-refractivity contribution is 5.95. The molecule has 0 saturated carbocycles. The molecule has 4 nitrogen and oxygen atoms in total. The highest BCUT2D eigenvalue weighted by Crippen LogP contribution is 2.28.